The van der Waals surface area contributed by atoms with Crippen molar-refractivity contribution in [2.45, 2.75) is 51.1 Å². The molecular formula is C31H32O7. The van der Waals surface area contributed by atoms with Crippen molar-refractivity contribution in [3.8, 4) is 23.0 Å². The van der Waals surface area contributed by atoms with E-state index in [0.717, 1.165) is 44.1 Å². The molecule has 0 amide bonds. The van der Waals surface area contributed by atoms with Crippen LogP contribution in [-0.4, -0.2) is 41.8 Å². The quantitative estimate of drug-likeness (QED) is 0.205. The number of ether oxygens (including phenoxy) is 4. The highest BCUT2D eigenvalue weighted by Gasteiger charge is 2.21. The van der Waals surface area contributed by atoms with Crippen molar-refractivity contribution in [3.63, 3.8) is 0 Å². The maximum Gasteiger partial charge on any atom is 0.199 e. The summed E-state index contributed by atoms with van der Waals surface area (Å²) in [5.74, 6) is 0.721. The molecule has 2 heterocycles. The third-order valence-electron chi connectivity index (χ3n) is 6.64. The Kier molecular flexibility index (Phi) is 8.26. The summed E-state index contributed by atoms with van der Waals surface area (Å²) in [6.45, 7) is 1.34. The molecule has 2 aliphatic rings. The number of allylic oxidation sites excluding steroid dienone is 1. The van der Waals surface area contributed by atoms with Crippen LogP contribution in [0.4, 0.5) is 0 Å². The zero-order valence-corrected chi connectivity index (χ0v) is 21.2. The van der Waals surface area contributed by atoms with E-state index in [9.17, 15) is 15.0 Å². The summed E-state index contributed by atoms with van der Waals surface area (Å²) < 4.78 is 23.1. The van der Waals surface area contributed by atoms with Gasteiger partial charge in [0.1, 0.15) is 23.0 Å². The van der Waals surface area contributed by atoms with Crippen LogP contribution in [0.25, 0.3) is 11.6 Å². The maximum absolute atomic E-state index is 13.7. The van der Waals surface area contributed by atoms with Gasteiger partial charge in [-0.3, -0.25) is 4.79 Å². The molecule has 0 saturated carbocycles. The molecule has 0 spiro atoms. The van der Waals surface area contributed by atoms with E-state index in [1.54, 1.807) is 42.5 Å². The monoisotopic (exact) mass is 516 g/mol. The van der Waals surface area contributed by atoms with Gasteiger partial charge in [-0.1, -0.05) is 24.3 Å². The van der Waals surface area contributed by atoms with Crippen molar-refractivity contribution in [3.05, 3.63) is 83.4 Å². The second-order valence-corrected chi connectivity index (χ2v) is 9.51. The molecule has 2 fully saturated rings. The zero-order valence-electron chi connectivity index (χ0n) is 21.2. The lowest BCUT2D eigenvalue weighted by Gasteiger charge is -2.23. The molecule has 0 bridgehead atoms. The van der Waals surface area contributed by atoms with Gasteiger partial charge in [-0.05, 0) is 79.3 Å². The number of Topliss-reactive ketones (excluding diaryl/α,β-unsaturated/α-hetero) is 1. The molecule has 5 rings (SSSR count). The molecule has 38 heavy (non-hydrogen) atoms. The van der Waals surface area contributed by atoms with Gasteiger partial charge < -0.3 is 29.2 Å². The first-order chi connectivity index (χ1) is 18.5. The van der Waals surface area contributed by atoms with Crippen molar-refractivity contribution in [1.29, 1.82) is 0 Å². The predicted octanol–water partition coefficient (Wildman–Crippen LogP) is 6.33. The fourth-order valence-electron chi connectivity index (χ4n) is 4.56. The third kappa shape index (κ3) is 6.54. The Morgan fingerprint density at radius 3 is 1.95 bits per heavy atom. The number of ketones is 1. The van der Waals surface area contributed by atoms with Crippen LogP contribution >= 0.6 is 0 Å². The maximum atomic E-state index is 13.7. The number of rotatable bonds is 8. The molecule has 2 unspecified atom stereocenters. The molecule has 2 N–H and O–H groups in total. The topological polar surface area (TPSA) is 94.5 Å². The first-order valence-corrected chi connectivity index (χ1v) is 13.1. The van der Waals surface area contributed by atoms with Gasteiger partial charge in [0.25, 0.3) is 0 Å². The lowest BCUT2D eigenvalue weighted by molar-refractivity contribution is -0.106. The first-order valence-electron chi connectivity index (χ1n) is 13.1. The van der Waals surface area contributed by atoms with E-state index in [1.165, 1.54) is 6.07 Å². The Balaban J connectivity index is 1.40. The third-order valence-corrected chi connectivity index (χ3v) is 6.64. The highest BCUT2D eigenvalue weighted by molar-refractivity contribution is 6.33. The van der Waals surface area contributed by atoms with Gasteiger partial charge in [0, 0.05) is 24.5 Å². The van der Waals surface area contributed by atoms with Crippen molar-refractivity contribution >= 4 is 17.4 Å². The number of hydrogen-bond acceptors (Lipinski definition) is 7. The highest BCUT2D eigenvalue weighted by Crippen LogP contribution is 2.32. The average Bonchev–Trinajstić information content (AvgIpc) is 2.94. The fraction of sp³-hybridized carbons (Fsp3) is 0.323. The van der Waals surface area contributed by atoms with E-state index in [4.69, 9.17) is 18.9 Å². The average molecular weight is 517 g/mol. The second kappa shape index (κ2) is 12.2. The minimum atomic E-state index is -0.352. The Hall–Kier alpha value is -3.81. The van der Waals surface area contributed by atoms with Crippen molar-refractivity contribution in [1.82, 2.24) is 0 Å². The number of phenols is 2. The van der Waals surface area contributed by atoms with Crippen LogP contribution in [0, 0.1) is 0 Å². The summed E-state index contributed by atoms with van der Waals surface area (Å²) in [7, 11) is 0. The Morgan fingerprint density at radius 1 is 0.763 bits per heavy atom. The van der Waals surface area contributed by atoms with Gasteiger partial charge in [-0.15, -0.1) is 0 Å². The molecule has 0 aromatic heterocycles. The molecular weight excluding hydrogens is 484 g/mol. The lowest BCUT2D eigenvalue weighted by atomic mass is 9.94. The molecule has 3 aromatic carbocycles. The summed E-state index contributed by atoms with van der Waals surface area (Å²) in [6, 6.07) is 18.5. The first kappa shape index (κ1) is 25.8. The molecule has 7 nitrogen and oxygen atoms in total. The molecule has 2 saturated heterocycles. The summed E-state index contributed by atoms with van der Waals surface area (Å²) in [5.41, 5.74) is 1.94. The van der Waals surface area contributed by atoms with E-state index in [1.807, 2.05) is 24.3 Å². The Bertz CT molecular complexity index is 1250. The zero-order chi connectivity index (χ0) is 26.3. The predicted molar refractivity (Wildman–Crippen MR) is 143 cm³/mol. The van der Waals surface area contributed by atoms with Crippen molar-refractivity contribution in [2.24, 2.45) is 0 Å². The molecule has 3 aromatic rings. The largest absolute Gasteiger partial charge is 0.508 e. The van der Waals surface area contributed by atoms with Crippen LogP contribution in [0.1, 0.15) is 60.0 Å². The van der Waals surface area contributed by atoms with E-state index in [-0.39, 0.29) is 35.4 Å². The van der Waals surface area contributed by atoms with E-state index in [2.05, 4.69) is 0 Å². The molecule has 198 valence electrons. The number of aromatic hydroxyl groups is 2. The van der Waals surface area contributed by atoms with Crippen LogP contribution in [0.2, 0.25) is 0 Å². The summed E-state index contributed by atoms with van der Waals surface area (Å²) in [4.78, 5) is 13.7. The summed E-state index contributed by atoms with van der Waals surface area (Å²) >= 11 is 0. The van der Waals surface area contributed by atoms with Gasteiger partial charge in [0.15, 0.2) is 18.4 Å². The minimum Gasteiger partial charge on any atom is -0.508 e. The molecule has 0 radical (unpaired) electrons. The van der Waals surface area contributed by atoms with E-state index >= 15 is 0 Å². The second-order valence-electron chi connectivity index (χ2n) is 9.51. The number of carbonyl (C=O) groups excluding carboxylic acids is 1. The number of phenolic OH excluding ortho intramolecular Hbond substituents is 2. The number of benzene rings is 3. The van der Waals surface area contributed by atoms with Crippen molar-refractivity contribution in [2.75, 3.05) is 13.2 Å². The van der Waals surface area contributed by atoms with Gasteiger partial charge in [0.05, 0.1) is 18.8 Å². The number of carbonyl (C=O) groups is 1. The molecule has 0 aliphatic carbocycles. The smallest absolute Gasteiger partial charge is 0.199 e. The van der Waals surface area contributed by atoms with E-state index in [0.29, 0.717) is 35.8 Å². The molecule has 7 heteroatoms. The Morgan fingerprint density at radius 2 is 1.37 bits per heavy atom. The van der Waals surface area contributed by atoms with Crippen LogP contribution in [0.3, 0.4) is 0 Å². The lowest BCUT2D eigenvalue weighted by Crippen LogP contribution is -2.25. The van der Waals surface area contributed by atoms with Crippen LogP contribution < -0.4 is 9.47 Å². The molecule has 2 aliphatic heterocycles. The normalized spacial score (nSPS) is 20.1. The van der Waals surface area contributed by atoms with Gasteiger partial charge in [0.2, 0.25) is 0 Å². The van der Waals surface area contributed by atoms with Crippen LogP contribution in [0.15, 0.2) is 66.7 Å². The molecule has 2 atom stereocenters. The van der Waals surface area contributed by atoms with Gasteiger partial charge in [-0.25, -0.2) is 0 Å². The van der Waals surface area contributed by atoms with Gasteiger partial charge in [-0.2, -0.15) is 0 Å². The van der Waals surface area contributed by atoms with Crippen molar-refractivity contribution < 1.29 is 34.0 Å². The van der Waals surface area contributed by atoms with Crippen LogP contribution in [0.5, 0.6) is 23.0 Å². The number of hydrogen-bond donors (Lipinski definition) is 2. The van der Waals surface area contributed by atoms with Crippen LogP contribution in [-0.2, 0) is 9.47 Å². The van der Waals surface area contributed by atoms with Gasteiger partial charge >= 0.3 is 0 Å². The van der Waals surface area contributed by atoms with E-state index < -0.39 is 0 Å². The summed E-state index contributed by atoms with van der Waals surface area (Å²) in [6.07, 6.45) is 6.90. The standard InChI is InChI=1S/C31H32O7/c32-23-11-7-21(8-12-23)19-27(22-9-13-24(14-10-22)37-29-5-1-3-17-35-29)31(34)26-16-15-25(20-28(26)33)38-30-6-2-4-18-36-30/h7-16,19-20,29-30,32-33H,1-6,17-18H2. The highest BCUT2D eigenvalue weighted by atomic mass is 16.7. The Labute approximate surface area is 222 Å². The minimum absolute atomic E-state index is 0.136. The summed E-state index contributed by atoms with van der Waals surface area (Å²) in [5, 5.41) is 20.5. The fourth-order valence-corrected chi connectivity index (χ4v) is 4.56. The SMILES string of the molecule is O=C(C(=Cc1ccc(O)cc1)c1ccc(OC2CCCCO2)cc1)c1ccc(OC2CCCCO2)cc1O.